The number of carbonyl (C=O) groups excluding carboxylic acids is 1. The number of thiophene rings is 1. The number of amides is 1. The number of carbonyl (C=O) groups is 1. The van der Waals surface area contributed by atoms with Crippen molar-refractivity contribution in [2.24, 2.45) is 0 Å². The van der Waals surface area contributed by atoms with Crippen molar-refractivity contribution in [2.75, 3.05) is 7.05 Å². The van der Waals surface area contributed by atoms with E-state index in [2.05, 4.69) is 5.43 Å². The van der Waals surface area contributed by atoms with Crippen LogP contribution in [0.3, 0.4) is 0 Å². The number of nitrogens with zero attached hydrogens (tertiary/aromatic N) is 1. The highest BCUT2D eigenvalue weighted by Gasteiger charge is 2.32. The minimum atomic E-state index is -4.36. The van der Waals surface area contributed by atoms with Crippen molar-refractivity contribution in [1.82, 2.24) is 10.4 Å². The Labute approximate surface area is 118 Å². The zero-order chi connectivity index (χ0) is 14.9. The molecule has 2 rings (SSSR count). The maximum absolute atomic E-state index is 12.9. The molecule has 7 heteroatoms. The lowest BCUT2D eigenvalue weighted by molar-refractivity contribution is -0.136. The first-order valence-electron chi connectivity index (χ1n) is 5.85. The van der Waals surface area contributed by atoms with E-state index < -0.39 is 11.7 Å². The molecule has 1 aromatic heterocycles. The number of fused-ring (bicyclic) bond motifs is 1. The first-order valence-corrected chi connectivity index (χ1v) is 6.67. The lowest BCUT2D eigenvalue weighted by Gasteiger charge is -2.15. The van der Waals surface area contributed by atoms with Crippen molar-refractivity contribution in [3.05, 3.63) is 34.7 Å². The Morgan fingerprint density at radius 2 is 2.10 bits per heavy atom. The summed E-state index contributed by atoms with van der Waals surface area (Å²) in [6, 6.07) is 5.66. The van der Waals surface area contributed by atoms with Gasteiger partial charge < -0.3 is 0 Å². The van der Waals surface area contributed by atoms with Crippen LogP contribution in [0.4, 0.5) is 13.2 Å². The lowest BCUT2D eigenvalue weighted by atomic mass is 10.1. The van der Waals surface area contributed by atoms with E-state index in [0.717, 1.165) is 10.9 Å². The molecule has 0 saturated heterocycles. The SMILES string of the molecule is CC(=O)N(C)NCc1cc2c(C(F)(F)F)cccc2s1. The summed E-state index contributed by atoms with van der Waals surface area (Å²) in [5.41, 5.74) is 2.20. The second kappa shape index (κ2) is 5.41. The fraction of sp³-hybridized carbons (Fsp3) is 0.308. The zero-order valence-electron chi connectivity index (χ0n) is 10.9. The summed E-state index contributed by atoms with van der Waals surface area (Å²) >= 11 is 1.28. The molecule has 0 aliphatic carbocycles. The van der Waals surface area contributed by atoms with Crippen LogP contribution < -0.4 is 5.43 Å². The molecule has 0 radical (unpaired) electrons. The highest BCUT2D eigenvalue weighted by Crippen LogP contribution is 2.37. The minimum absolute atomic E-state index is 0.165. The summed E-state index contributed by atoms with van der Waals surface area (Å²) in [5, 5.41) is 1.50. The van der Waals surface area contributed by atoms with Gasteiger partial charge in [0.25, 0.3) is 0 Å². The molecule has 20 heavy (non-hydrogen) atoms. The van der Waals surface area contributed by atoms with Crippen molar-refractivity contribution < 1.29 is 18.0 Å². The molecule has 1 heterocycles. The molecule has 0 saturated carbocycles. The van der Waals surface area contributed by atoms with Gasteiger partial charge >= 0.3 is 6.18 Å². The van der Waals surface area contributed by atoms with E-state index >= 15 is 0 Å². The monoisotopic (exact) mass is 302 g/mol. The fourth-order valence-corrected chi connectivity index (χ4v) is 2.78. The van der Waals surface area contributed by atoms with Crippen molar-refractivity contribution in [1.29, 1.82) is 0 Å². The molecule has 0 atom stereocenters. The Morgan fingerprint density at radius 3 is 2.70 bits per heavy atom. The molecule has 0 fully saturated rings. The van der Waals surface area contributed by atoms with Crippen LogP contribution in [0.1, 0.15) is 17.4 Å². The summed E-state index contributed by atoms with van der Waals surface area (Å²) in [7, 11) is 1.57. The molecule has 1 N–H and O–H groups in total. The predicted molar refractivity (Wildman–Crippen MR) is 72.1 cm³/mol. The van der Waals surface area contributed by atoms with E-state index in [1.807, 2.05) is 0 Å². The highest BCUT2D eigenvalue weighted by molar-refractivity contribution is 7.19. The van der Waals surface area contributed by atoms with Gasteiger partial charge in [-0.1, -0.05) is 6.07 Å². The summed E-state index contributed by atoms with van der Waals surface area (Å²) < 4.78 is 39.2. The molecule has 2 aromatic rings. The average molecular weight is 302 g/mol. The number of hydrogen-bond acceptors (Lipinski definition) is 3. The van der Waals surface area contributed by atoms with Crippen LogP contribution in [-0.2, 0) is 17.5 Å². The van der Waals surface area contributed by atoms with Gasteiger partial charge in [0.15, 0.2) is 0 Å². The molecule has 0 aliphatic rings. The van der Waals surface area contributed by atoms with Crippen molar-refractivity contribution in [3.63, 3.8) is 0 Å². The number of hydrazine groups is 1. The smallest absolute Gasteiger partial charge is 0.281 e. The van der Waals surface area contributed by atoms with Gasteiger partial charge in [-0.05, 0) is 18.2 Å². The standard InChI is InChI=1S/C13H13F3N2OS/c1-8(19)18(2)17-7-9-6-10-11(13(14,15)16)4-3-5-12(10)20-9/h3-6,17H,7H2,1-2H3. The van der Waals surface area contributed by atoms with E-state index in [1.54, 1.807) is 13.1 Å². The molecule has 1 amide bonds. The van der Waals surface area contributed by atoms with E-state index in [9.17, 15) is 18.0 Å². The first-order chi connectivity index (χ1) is 9.29. The molecule has 1 aromatic carbocycles. The van der Waals surface area contributed by atoms with Crippen molar-refractivity contribution >= 4 is 27.3 Å². The second-order valence-corrected chi connectivity index (χ2v) is 5.51. The number of nitrogens with one attached hydrogen (secondary N) is 1. The molecule has 0 unspecified atom stereocenters. The van der Waals surface area contributed by atoms with Gasteiger partial charge in [-0.15, -0.1) is 11.3 Å². The van der Waals surface area contributed by atoms with Crippen LogP contribution >= 0.6 is 11.3 Å². The van der Waals surface area contributed by atoms with Crippen LogP contribution in [0.25, 0.3) is 10.1 Å². The minimum Gasteiger partial charge on any atom is -0.281 e. The Bertz CT molecular complexity index is 636. The predicted octanol–water partition coefficient (Wildman–Crippen LogP) is 3.40. The van der Waals surface area contributed by atoms with Gasteiger partial charge in [0.2, 0.25) is 5.91 Å². The molecular weight excluding hydrogens is 289 g/mol. The molecule has 3 nitrogen and oxygen atoms in total. The average Bonchev–Trinajstić information content (AvgIpc) is 2.76. The van der Waals surface area contributed by atoms with Crippen LogP contribution in [0.2, 0.25) is 0 Å². The van der Waals surface area contributed by atoms with Gasteiger partial charge in [-0.3, -0.25) is 9.80 Å². The zero-order valence-corrected chi connectivity index (χ0v) is 11.7. The number of alkyl halides is 3. The van der Waals surface area contributed by atoms with Gasteiger partial charge in [0, 0.05) is 35.5 Å². The Balaban J connectivity index is 2.28. The normalized spacial score (nSPS) is 11.8. The van der Waals surface area contributed by atoms with E-state index in [1.165, 1.54) is 35.4 Å². The van der Waals surface area contributed by atoms with Crippen molar-refractivity contribution in [3.8, 4) is 0 Å². The van der Waals surface area contributed by atoms with Crippen LogP contribution in [0.5, 0.6) is 0 Å². The van der Waals surface area contributed by atoms with Gasteiger partial charge in [0.1, 0.15) is 0 Å². The first kappa shape index (κ1) is 14.8. The van der Waals surface area contributed by atoms with Gasteiger partial charge in [-0.2, -0.15) is 13.2 Å². The third-order valence-electron chi connectivity index (χ3n) is 2.88. The van der Waals surface area contributed by atoms with Crippen LogP contribution in [0.15, 0.2) is 24.3 Å². The molecule has 0 bridgehead atoms. The molecule has 0 aliphatic heterocycles. The molecule has 108 valence electrons. The highest BCUT2D eigenvalue weighted by atomic mass is 32.1. The quantitative estimate of drug-likeness (QED) is 0.881. The lowest BCUT2D eigenvalue weighted by Crippen LogP contribution is -2.37. The molecular formula is C13H13F3N2OS. The maximum Gasteiger partial charge on any atom is 0.417 e. The topological polar surface area (TPSA) is 32.3 Å². The van der Waals surface area contributed by atoms with Crippen molar-refractivity contribution in [2.45, 2.75) is 19.6 Å². The summed E-state index contributed by atoms with van der Waals surface area (Å²) in [5.74, 6) is -0.165. The number of benzene rings is 1. The third kappa shape index (κ3) is 3.10. The second-order valence-electron chi connectivity index (χ2n) is 4.34. The van der Waals surface area contributed by atoms with Crippen LogP contribution in [0, 0.1) is 0 Å². The maximum atomic E-state index is 12.9. The van der Waals surface area contributed by atoms with Gasteiger partial charge in [-0.25, -0.2) is 5.43 Å². The van der Waals surface area contributed by atoms with E-state index in [4.69, 9.17) is 0 Å². The molecule has 0 spiro atoms. The number of rotatable bonds is 3. The van der Waals surface area contributed by atoms with Gasteiger partial charge in [0.05, 0.1) is 5.56 Å². The van der Waals surface area contributed by atoms with E-state index in [-0.39, 0.29) is 11.3 Å². The Morgan fingerprint density at radius 1 is 1.40 bits per heavy atom. The number of hydrogen-bond donors (Lipinski definition) is 1. The fourth-order valence-electron chi connectivity index (χ4n) is 1.76. The summed E-state index contributed by atoms with van der Waals surface area (Å²) in [6.45, 7) is 1.71. The largest absolute Gasteiger partial charge is 0.417 e. The Hall–Kier alpha value is -1.60. The van der Waals surface area contributed by atoms with Crippen LogP contribution in [-0.4, -0.2) is 18.0 Å². The Kier molecular flexibility index (Phi) is 4.01. The number of halogens is 3. The van der Waals surface area contributed by atoms with E-state index in [0.29, 0.717) is 11.2 Å². The summed E-state index contributed by atoms with van der Waals surface area (Å²) in [6.07, 6.45) is -4.36. The third-order valence-corrected chi connectivity index (χ3v) is 3.98. The summed E-state index contributed by atoms with van der Waals surface area (Å²) in [4.78, 5) is 11.8.